The van der Waals surface area contributed by atoms with Gasteiger partial charge in [0, 0.05) is 6.42 Å². The van der Waals surface area contributed by atoms with Crippen molar-refractivity contribution >= 4 is 0 Å². The van der Waals surface area contributed by atoms with E-state index in [2.05, 4.69) is 52.3 Å². The van der Waals surface area contributed by atoms with Gasteiger partial charge < -0.3 is 0 Å². The topological polar surface area (TPSA) is 0 Å². The molecule has 0 N–H and O–H groups in total. The van der Waals surface area contributed by atoms with Crippen molar-refractivity contribution in [2.75, 3.05) is 0 Å². The second-order valence-electron chi connectivity index (χ2n) is 4.30. The second-order valence-corrected chi connectivity index (χ2v) is 4.30. The lowest BCUT2D eigenvalue weighted by Crippen LogP contribution is -2.09. The Morgan fingerprint density at radius 2 is 1.79 bits per heavy atom. The minimum atomic E-state index is 0.588. The molecule has 0 aromatic rings. The van der Waals surface area contributed by atoms with Crippen LogP contribution in [0.25, 0.3) is 0 Å². The van der Waals surface area contributed by atoms with Crippen LogP contribution in [-0.2, 0) is 0 Å². The molecule has 1 radical (unpaired) electrons. The van der Waals surface area contributed by atoms with Crippen molar-refractivity contribution in [1.82, 2.24) is 0 Å². The summed E-state index contributed by atoms with van der Waals surface area (Å²) in [5, 5.41) is 0. The van der Waals surface area contributed by atoms with Gasteiger partial charge in [-0.3, -0.25) is 0 Å². The van der Waals surface area contributed by atoms with Crippen LogP contribution in [0.1, 0.15) is 27.7 Å². The maximum atomic E-state index is 2.30. The van der Waals surface area contributed by atoms with E-state index in [4.69, 9.17) is 0 Å². The third-order valence-corrected chi connectivity index (χ3v) is 3.45. The lowest BCUT2D eigenvalue weighted by molar-refractivity contribution is 0.835. The number of hydrogen-bond acceptors (Lipinski definition) is 0. The molecular weight excluding hydrogens is 168 g/mol. The summed E-state index contributed by atoms with van der Waals surface area (Å²) in [6, 6.07) is 0. The number of fused-ring (bicyclic) bond motifs is 1. The van der Waals surface area contributed by atoms with Crippen molar-refractivity contribution < 1.29 is 0 Å². The predicted molar refractivity (Wildman–Crippen MR) is 61.8 cm³/mol. The monoisotopic (exact) mass is 185 g/mol. The number of allylic oxidation sites excluding steroid dienone is 8. The average Bonchev–Trinajstić information content (AvgIpc) is 2.17. The molecule has 0 aliphatic heterocycles. The fourth-order valence-electron chi connectivity index (χ4n) is 2.03. The molecule has 14 heavy (non-hydrogen) atoms. The van der Waals surface area contributed by atoms with Gasteiger partial charge in [0.1, 0.15) is 0 Å². The summed E-state index contributed by atoms with van der Waals surface area (Å²) < 4.78 is 0. The molecule has 2 rings (SSSR count). The first-order chi connectivity index (χ1) is 6.61. The van der Waals surface area contributed by atoms with Crippen molar-refractivity contribution in [2.24, 2.45) is 5.92 Å². The molecule has 1 unspecified atom stereocenters. The molecule has 0 heterocycles. The Kier molecular flexibility index (Phi) is 2.22. The van der Waals surface area contributed by atoms with Crippen LogP contribution in [0.2, 0.25) is 0 Å². The Morgan fingerprint density at radius 3 is 2.50 bits per heavy atom. The summed E-state index contributed by atoms with van der Waals surface area (Å²) >= 11 is 0. The number of rotatable bonds is 0. The van der Waals surface area contributed by atoms with Gasteiger partial charge in [-0.1, -0.05) is 36.3 Å². The van der Waals surface area contributed by atoms with Crippen LogP contribution in [0.5, 0.6) is 0 Å². The zero-order valence-corrected chi connectivity index (χ0v) is 9.39. The standard InChI is InChI=1S/C14H17/c1-9-5-7-14-12(4)10(2)6-8-13(14)11(9)3/h5-9H,1-4H3. The van der Waals surface area contributed by atoms with Crippen LogP contribution in [0.4, 0.5) is 0 Å². The van der Waals surface area contributed by atoms with E-state index < -0.39 is 0 Å². The Bertz CT molecular complexity index is 386. The summed E-state index contributed by atoms with van der Waals surface area (Å²) in [7, 11) is 0. The fourth-order valence-corrected chi connectivity index (χ4v) is 2.03. The summed E-state index contributed by atoms with van der Waals surface area (Å²) in [4.78, 5) is 0. The van der Waals surface area contributed by atoms with E-state index in [-0.39, 0.29) is 0 Å². The first-order valence-corrected chi connectivity index (χ1v) is 5.23. The first kappa shape index (κ1) is 9.51. The molecule has 0 nitrogen and oxygen atoms in total. The third kappa shape index (κ3) is 1.30. The van der Waals surface area contributed by atoms with Crippen LogP contribution in [0, 0.1) is 12.3 Å². The molecule has 0 aromatic heterocycles. The molecule has 0 bridgehead atoms. The SMILES string of the molecule is CC1=C[CH]C2=C(C)C(C)C=CC2=C1C. The van der Waals surface area contributed by atoms with Crippen LogP contribution >= 0.6 is 0 Å². The fraction of sp³-hybridized carbons (Fsp3) is 0.357. The van der Waals surface area contributed by atoms with Gasteiger partial charge in [-0.25, -0.2) is 0 Å². The summed E-state index contributed by atoms with van der Waals surface area (Å²) in [5.74, 6) is 0.588. The quantitative estimate of drug-likeness (QED) is 0.535. The normalized spacial score (nSPS) is 26.6. The van der Waals surface area contributed by atoms with E-state index in [0.29, 0.717) is 5.92 Å². The van der Waals surface area contributed by atoms with Crippen LogP contribution in [0.15, 0.2) is 46.1 Å². The van der Waals surface area contributed by atoms with Crippen LogP contribution < -0.4 is 0 Å². The zero-order valence-electron chi connectivity index (χ0n) is 9.39. The summed E-state index contributed by atoms with van der Waals surface area (Å²) in [5.41, 5.74) is 7.15. The molecule has 0 aromatic carbocycles. The largest absolute Gasteiger partial charge is 0.0770 e. The van der Waals surface area contributed by atoms with Gasteiger partial charge in [0.25, 0.3) is 0 Å². The molecule has 2 aliphatic rings. The van der Waals surface area contributed by atoms with Crippen molar-refractivity contribution in [3.63, 3.8) is 0 Å². The average molecular weight is 185 g/mol. The van der Waals surface area contributed by atoms with E-state index in [1.165, 1.54) is 27.9 Å². The van der Waals surface area contributed by atoms with Gasteiger partial charge in [0.15, 0.2) is 0 Å². The second kappa shape index (κ2) is 3.27. The Morgan fingerprint density at radius 1 is 1.07 bits per heavy atom. The van der Waals surface area contributed by atoms with E-state index in [1.807, 2.05) is 0 Å². The summed E-state index contributed by atoms with van der Waals surface area (Å²) in [6.45, 7) is 8.88. The molecule has 0 fully saturated rings. The van der Waals surface area contributed by atoms with Gasteiger partial charge in [0.05, 0.1) is 0 Å². The first-order valence-electron chi connectivity index (χ1n) is 5.23. The van der Waals surface area contributed by atoms with E-state index >= 15 is 0 Å². The van der Waals surface area contributed by atoms with Gasteiger partial charge in [-0.05, 0) is 43.4 Å². The van der Waals surface area contributed by atoms with E-state index in [9.17, 15) is 0 Å². The smallest absolute Gasteiger partial charge is 0.0133 e. The molecule has 0 spiro atoms. The van der Waals surface area contributed by atoms with Crippen molar-refractivity contribution in [1.29, 1.82) is 0 Å². The van der Waals surface area contributed by atoms with E-state index in [1.54, 1.807) is 0 Å². The van der Waals surface area contributed by atoms with E-state index in [0.717, 1.165) is 0 Å². The highest BCUT2D eigenvalue weighted by molar-refractivity contribution is 5.62. The third-order valence-electron chi connectivity index (χ3n) is 3.45. The molecular formula is C14H17. The lowest BCUT2D eigenvalue weighted by atomic mass is 9.79. The molecule has 73 valence electrons. The summed E-state index contributed by atoms with van der Waals surface area (Å²) in [6.07, 6.45) is 9.05. The number of hydrogen-bond donors (Lipinski definition) is 0. The van der Waals surface area contributed by atoms with Gasteiger partial charge in [-0.15, -0.1) is 0 Å². The maximum Gasteiger partial charge on any atom is 0.0133 e. The molecule has 0 heteroatoms. The van der Waals surface area contributed by atoms with Crippen molar-refractivity contribution in [3.05, 3.63) is 52.5 Å². The Labute approximate surface area is 86.7 Å². The molecule has 2 aliphatic carbocycles. The minimum absolute atomic E-state index is 0.588. The highest BCUT2D eigenvalue weighted by Gasteiger charge is 2.19. The van der Waals surface area contributed by atoms with Gasteiger partial charge >= 0.3 is 0 Å². The van der Waals surface area contributed by atoms with Gasteiger partial charge in [-0.2, -0.15) is 0 Å². The highest BCUT2D eigenvalue weighted by Crippen LogP contribution is 2.36. The van der Waals surface area contributed by atoms with Gasteiger partial charge in [0.2, 0.25) is 0 Å². The Hall–Kier alpha value is -1.04. The van der Waals surface area contributed by atoms with Crippen molar-refractivity contribution in [2.45, 2.75) is 27.7 Å². The maximum absolute atomic E-state index is 2.30. The Balaban J connectivity index is 2.55. The molecule has 0 saturated carbocycles. The minimum Gasteiger partial charge on any atom is -0.0770 e. The molecule has 0 saturated heterocycles. The molecule has 0 amide bonds. The molecule has 1 atom stereocenters. The lowest BCUT2D eigenvalue weighted by Gasteiger charge is -2.26. The van der Waals surface area contributed by atoms with Crippen LogP contribution in [-0.4, -0.2) is 0 Å². The van der Waals surface area contributed by atoms with Crippen LogP contribution in [0.3, 0.4) is 0 Å². The zero-order chi connectivity index (χ0) is 10.3. The van der Waals surface area contributed by atoms with Crippen molar-refractivity contribution in [3.8, 4) is 0 Å². The predicted octanol–water partition coefficient (Wildman–Crippen LogP) is 3.99. The highest BCUT2D eigenvalue weighted by atomic mass is 14.2.